The fourth-order valence-electron chi connectivity index (χ4n) is 2.44. The maximum absolute atomic E-state index is 13.4. The second-order valence-electron chi connectivity index (χ2n) is 5.45. The highest BCUT2D eigenvalue weighted by molar-refractivity contribution is 5.95. The lowest BCUT2D eigenvalue weighted by atomic mass is 10.0. The summed E-state index contributed by atoms with van der Waals surface area (Å²) < 4.78 is 32.5. The Morgan fingerprint density at radius 3 is 2.58 bits per heavy atom. The van der Waals surface area contributed by atoms with E-state index in [0.717, 1.165) is 15.6 Å². The molecular weight excluding hydrogens is 316 g/mol. The molecule has 0 aliphatic carbocycles. The molecule has 0 unspecified atom stereocenters. The highest BCUT2D eigenvalue weighted by Gasteiger charge is 2.21. The number of esters is 1. The Balaban J connectivity index is 2.28. The Morgan fingerprint density at radius 1 is 1.21 bits per heavy atom. The second kappa shape index (κ2) is 5.99. The minimum atomic E-state index is -2.76. The van der Waals surface area contributed by atoms with Gasteiger partial charge in [-0.1, -0.05) is 12.1 Å². The van der Waals surface area contributed by atoms with Crippen molar-refractivity contribution in [2.75, 3.05) is 7.11 Å². The Hall–Kier alpha value is -2.83. The van der Waals surface area contributed by atoms with Crippen LogP contribution < -0.4 is 0 Å². The first kappa shape index (κ1) is 16.0. The highest BCUT2D eigenvalue weighted by atomic mass is 19.3. The van der Waals surface area contributed by atoms with Gasteiger partial charge < -0.3 is 4.74 Å². The summed E-state index contributed by atoms with van der Waals surface area (Å²) in [5, 5.41) is 3.85. The second-order valence-corrected chi connectivity index (χ2v) is 5.45. The van der Waals surface area contributed by atoms with Gasteiger partial charge in [-0.15, -0.1) is 0 Å². The summed E-state index contributed by atoms with van der Waals surface area (Å²) in [5.74, 6) is -0.671. The predicted molar refractivity (Wildman–Crippen MR) is 84.2 cm³/mol. The van der Waals surface area contributed by atoms with Crippen molar-refractivity contribution < 1.29 is 18.3 Å². The van der Waals surface area contributed by atoms with Crippen LogP contribution in [-0.2, 0) is 4.74 Å². The van der Waals surface area contributed by atoms with Gasteiger partial charge in [-0.25, -0.2) is 23.1 Å². The van der Waals surface area contributed by atoms with E-state index in [1.807, 2.05) is 32.0 Å². The first-order valence-electron chi connectivity index (χ1n) is 7.25. The molecule has 3 aromatic rings. The van der Waals surface area contributed by atoms with Crippen molar-refractivity contribution in [2.24, 2.45) is 0 Å². The lowest BCUT2D eigenvalue weighted by Crippen LogP contribution is -2.06. The molecule has 0 aliphatic rings. The zero-order valence-corrected chi connectivity index (χ0v) is 13.4. The maximum atomic E-state index is 13.4. The fraction of sp³-hybridized carbons (Fsp3) is 0.235. The first-order chi connectivity index (χ1) is 11.4. The van der Waals surface area contributed by atoms with Crippen molar-refractivity contribution in [3.05, 3.63) is 52.8 Å². The van der Waals surface area contributed by atoms with Crippen molar-refractivity contribution in [1.29, 1.82) is 0 Å². The van der Waals surface area contributed by atoms with Gasteiger partial charge in [0.1, 0.15) is 11.3 Å². The van der Waals surface area contributed by atoms with Gasteiger partial charge in [0.2, 0.25) is 0 Å². The summed E-state index contributed by atoms with van der Waals surface area (Å²) >= 11 is 0. The van der Waals surface area contributed by atoms with Crippen molar-refractivity contribution in [2.45, 2.75) is 20.3 Å². The smallest absolute Gasteiger partial charge is 0.343 e. The summed E-state index contributed by atoms with van der Waals surface area (Å²) in [6.45, 7) is 3.90. The number of nitrogens with zero attached hydrogens (tertiary/aromatic N) is 3. The molecule has 0 N–H and O–H groups in total. The van der Waals surface area contributed by atoms with Gasteiger partial charge in [-0.05, 0) is 37.1 Å². The zero-order chi connectivity index (χ0) is 17.4. The van der Waals surface area contributed by atoms with Crippen LogP contribution in [0.5, 0.6) is 0 Å². The number of hydrogen-bond donors (Lipinski definition) is 0. The SMILES string of the molecule is COC(=O)c1cnn2c(C(F)F)cc(-c3ccc(C)c(C)c3)nc12. The molecule has 2 heterocycles. The average molecular weight is 331 g/mol. The summed E-state index contributed by atoms with van der Waals surface area (Å²) in [6, 6.07) is 6.87. The summed E-state index contributed by atoms with van der Waals surface area (Å²) in [5.41, 5.74) is 2.93. The fourth-order valence-corrected chi connectivity index (χ4v) is 2.44. The Labute approximate surface area is 136 Å². The zero-order valence-electron chi connectivity index (χ0n) is 13.4. The molecule has 3 rings (SSSR count). The minimum absolute atomic E-state index is 0.0464. The standard InChI is InChI=1S/C17H15F2N3O2/c1-9-4-5-11(6-10(9)2)13-7-14(15(18)19)22-16(21-13)12(8-20-22)17(23)24-3/h4-8,15H,1-3H3. The van der Waals surface area contributed by atoms with E-state index in [1.165, 1.54) is 19.4 Å². The molecule has 0 spiro atoms. The molecule has 124 valence electrons. The molecule has 0 saturated heterocycles. The van der Waals surface area contributed by atoms with E-state index in [9.17, 15) is 13.6 Å². The summed E-state index contributed by atoms with van der Waals surface area (Å²) in [7, 11) is 1.22. The van der Waals surface area contributed by atoms with Crippen LogP contribution in [0.25, 0.3) is 16.9 Å². The topological polar surface area (TPSA) is 56.5 Å². The number of fused-ring (bicyclic) bond motifs is 1. The van der Waals surface area contributed by atoms with Crippen LogP contribution in [0.1, 0.15) is 33.6 Å². The van der Waals surface area contributed by atoms with Crippen molar-refractivity contribution in [3.63, 3.8) is 0 Å². The van der Waals surface area contributed by atoms with E-state index >= 15 is 0 Å². The predicted octanol–water partition coefficient (Wildman–Crippen LogP) is 3.74. The van der Waals surface area contributed by atoms with E-state index in [0.29, 0.717) is 11.3 Å². The molecule has 0 radical (unpaired) electrons. The molecule has 0 fully saturated rings. The number of alkyl halides is 2. The number of hydrogen-bond acceptors (Lipinski definition) is 4. The molecule has 0 atom stereocenters. The quantitative estimate of drug-likeness (QED) is 0.686. The third-order valence-corrected chi connectivity index (χ3v) is 3.93. The molecule has 0 saturated carbocycles. The van der Waals surface area contributed by atoms with Crippen LogP contribution >= 0.6 is 0 Å². The summed E-state index contributed by atoms with van der Waals surface area (Å²) in [6.07, 6.45) is -1.57. The molecule has 2 aromatic heterocycles. The largest absolute Gasteiger partial charge is 0.465 e. The third-order valence-electron chi connectivity index (χ3n) is 3.93. The van der Waals surface area contributed by atoms with Gasteiger partial charge in [0.15, 0.2) is 5.65 Å². The number of halogens is 2. The molecular formula is C17H15F2N3O2. The van der Waals surface area contributed by atoms with Crippen LogP contribution in [-0.4, -0.2) is 27.7 Å². The van der Waals surface area contributed by atoms with Gasteiger partial charge in [0.05, 0.1) is 19.0 Å². The maximum Gasteiger partial charge on any atom is 0.343 e. The van der Waals surface area contributed by atoms with Crippen molar-refractivity contribution >= 4 is 11.6 Å². The van der Waals surface area contributed by atoms with Gasteiger partial charge in [-0.3, -0.25) is 0 Å². The number of benzene rings is 1. The van der Waals surface area contributed by atoms with Gasteiger partial charge >= 0.3 is 5.97 Å². The van der Waals surface area contributed by atoms with Gasteiger partial charge in [0.25, 0.3) is 6.43 Å². The number of aromatic nitrogens is 3. The van der Waals surface area contributed by atoms with Gasteiger partial charge in [0, 0.05) is 5.56 Å². The number of carbonyl (C=O) groups is 1. The number of rotatable bonds is 3. The molecule has 5 nitrogen and oxygen atoms in total. The molecule has 0 bridgehead atoms. The van der Waals surface area contributed by atoms with Crippen molar-refractivity contribution in [1.82, 2.24) is 14.6 Å². The number of aryl methyl sites for hydroxylation is 2. The average Bonchev–Trinajstić information content (AvgIpc) is 2.99. The van der Waals surface area contributed by atoms with Crippen LogP contribution in [0.4, 0.5) is 8.78 Å². The van der Waals surface area contributed by atoms with Gasteiger partial charge in [-0.2, -0.15) is 5.10 Å². The Bertz CT molecular complexity index is 935. The normalized spacial score (nSPS) is 11.2. The third kappa shape index (κ3) is 2.62. The van der Waals surface area contributed by atoms with E-state index < -0.39 is 12.4 Å². The minimum Gasteiger partial charge on any atom is -0.465 e. The lowest BCUT2D eigenvalue weighted by Gasteiger charge is -2.09. The number of ether oxygens (including phenoxy) is 1. The highest BCUT2D eigenvalue weighted by Crippen LogP contribution is 2.28. The van der Waals surface area contributed by atoms with Crippen LogP contribution in [0.2, 0.25) is 0 Å². The first-order valence-corrected chi connectivity index (χ1v) is 7.25. The summed E-state index contributed by atoms with van der Waals surface area (Å²) in [4.78, 5) is 16.2. The number of methoxy groups -OCH3 is 1. The van der Waals surface area contributed by atoms with E-state index in [-0.39, 0.29) is 16.9 Å². The van der Waals surface area contributed by atoms with Crippen LogP contribution in [0.15, 0.2) is 30.5 Å². The number of carbonyl (C=O) groups excluding carboxylic acids is 1. The molecule has 1 aromatic carbocycles. The van der Waals surface area contributed by atoms with Crippen LogP contribution in [0.3, 0.4) is 0 Å². The van der Waals surface area contributed by atoms with E-state index in [1.54, 1.807) is 0 Å². The monoisotopic (exact) mass is 331 g/mol. The Morgan fingerprint density at radius 2 is 1.96 bits per heavy atom. The van der Waals surface area contributed by atoms with E-state index in [4.69, 9.17) is 0 Å². The molecule has 24 heavy (non-hydrogen) atoms. The molecule has 0 aliphatic heterocycles. The molecule has 7 heteroatoms. The lowest BCUT2D eigenvalue weighted by molar-refractivity contribution is 0.0602. The van der Waals surface area contributed by atoms with Crippen LogP contribution in [0, 0.1) is 13.8 Å². The molecule has 0 amide bonds. The Kier molecular flexibility index (Phi) is 4.01. The van der Waals surface area contributed by atoms with Crippen molar-refractivity contribution in [3.8, 4) is 11.3 Å². The van der Waals surface area contributed by atoms with E-state index in [2.05, 4.69) is 14.8 Å².